The zero-order valence-electron chi connectivity index (χ0n) is 9.09. The van der Waals surface area contributed by atoms with E-state index < -0.39 is 17.4 Å². The van der Waals surface area contributed by atoms with Gasteiger partial charge in [0.15, 0.2) is 0 Å². The second kappa shape index (κ2) is 4.39. The van der Waals surface area contributed by atoms with Crippen molar-refractivity contribution in [3.05, 3.63) is 0 Å². The highest BCUT2D eigenvalue weighted by molar-refractivity contribution is 6.22. The van der Waals surface area contributed by atoms with Crippen LogP contribution < -0.4 is 0 Å². The monoisotopic (exact) mass is 254 g/mol. The molecule has 0 amide bonds. The maximum atomic E-state index is 12.9. The molecule has 2 aliphatic rings. The van der Waals surface area contributed by atoms with Crippen LogP contribution in [0.3, 0.4) is 0 Å². The van der Waals surface area contributed by atoms with E-state index in [1.807, 2.05) is 0 Å². The molecular weight excluding hydrogens is 238 g/mol. The van der Waals surface area contributed by atoms with Crippen LogP contribution in [0, 0.1) is 5.92 Å². The number of ether oxygens (including phenoxy) is 1. The quantitative estimate of drug-likeness (QED) is 0.768. The van der Waals surface area contributed by atoms with Gasteiger partial charge < -0.3 is 9.84 Å². The molecule has 2 fully saturated rings. The smallest absolute Gasteiger partial charge is 0.347 e. The average molecular weight is 255 g/mol. The Labute approximate surface area is 98.9 Å². The number of aliphatic hydroxyl groups excluding tert-OH is 1. The van der Waals surface area contributed by atoms with E-state index in [1.54, 1.807) is 0 Å². The number of alkyl halides is 3. The van der Waals surface area contributed by atoms with Gasteiger partial charge >= 0.3 is 5.38 Å². The fourth-order valence-electron chi connectivity index (χ4n) is 2.97. The van der Waals surface area contributed by atoms with Crippen LogP contribution in [0.2, 0.25) is 0 Å². The second-order valence-corrected chi connectivity index (χ2v) is 5.48. The average Bonchev–Trinajstić information content (AvgIpc) is 2.64. The molecular formula is C11H17ClF2O2. The Hall–Kier alpha value is 0.0700. The van der Waals surface area contributed by atoms with Gasteiger partial charge in [-0.15, -0.1) is 0 Å². The molecule has 16 heavy (non-hydrogen) atoms. The molecule has 2 nitrogen and oxygen atoms in total. The van der Waals surface area contributed by atoms with Crippen molar-refractivity contribution in [2.45, 2.75) is 55.6 Å². The Morgan fingerprint density at radius 2 is 2.00 bits per heavy atom. The molecule has 1 aliphatic heterocycles. The van der Waals surface area contributed by atoms with Crippen LogP contribution in [0.1, 0.15) is 38.5 Å². The van der Waals surface area contributed by atoms with Crippen LogP contribution in [0.15, 0.2) is 0 Å². The van der Waals surface area contributed by atoms with Crippen molar-refractivity contribution in [2.24, 2.45) is 5.92 Å². The van der Waals surface area contributed by atoms with Gasteiger partial charge in [0.2, 0.25) is 0 Å². The third-order valence-electron chi connectivity index (χ3n) is 3.83. The number of hydrogen-bond donors (Lipinski definition) is 1. The fourth-order valence-corrected chi connectivity index (χ4v) is 3.15. The summed E-state index contributed by atoms with van der Waals surface area (Å²) < 4.78 is 31.4. The van der Waals surface area contributed by atoms with Crippen molar-refractivity contribution in [3.8, 4) is 0 Å². The zero-order valence-corrected chi connectivity index (χ0v) is 9.85. The second-order valence-electron chi connectivity index (χ2n) is 4.98. The predicted octanol–water partition coefficient (Wildman–Crippen LogP) is 2.92. The molecule has 1 aliphatic carbocycles. The summed E-state index contributed by atoms with van der Waals surface area (Å²) in [5.41, 5.74) is -0.258. The first-order valence-corrected chi connectivity index (χ1v) is 6.20. The first-order chi connectivity index (χ1) is 7.43. The summed E-state index contributed by atoms with van der Waals surface area (Å²) in [6.45, 7) is 0.453. The van der Waals surface area contributed by atoms with Gasteiger partial charge in [0.1, 0.15) is 6.10 Å². The van der Waals surface area contributed by atoms with Crippen LogP contribution in [0.25, 0.3) is 0 Å². The van der Waals surface area contributed by atoms with Crippen molar-refractivity contribution >= 4 is 11.6 Å². The van der Waals surface area contributed by atoms with E-state index in [4.69, 9.17) is 16.3 Å². The fraction of sp³-hybridized carbons (Fsp3) is 1.00. The minimum absolute atomic E-state index is 0.258. The molecule has 1 N–H and O–H groups in total. The van der Waals surface area contributed by atoms with Gasteiger partial charge in [0.05, 0.1) is 5.60 Å². The molecule has 0 radical (unpaired) electrons. The molecule has 1 heterocycles. The normalized spacial score (nSPS) is 31.9. The van der Waals surface area contributed by atoms with Crippen LogP contribution in [0.4, 0.5) is 8.78 Å². The summed E-state index contributed by atoms with van der Waals surface area (Å²) >= 11 is 4.89. The van der Waals surface area contributed by atoms with Crippen LogP contribution in [-0.4, -0.2) is 28.8 Å². The van der Waals surface area contributed by atoms with Gasteiger partial charge in [0, 0.05) is 6.61 Å². The molecule has 1 saturated carbocycles. The Morgan fingerprint density at radius 1 is 1.38 bits per heavy atom. The first-order valence-electron chi connectivity index (χ1n) is 5.82. The van der Waals surface area contributed by atoms with E-state index in [2.05, 4.69) is 0 Å². The first kappa shape index (κ1) is 12.5. The zero-order chi connectivity index (χ0) is 11.8. The Kier molecular flexibility index (Phi) is 3.44. The van der Waals surface area contributed by atoms with E-state index in [0.29, 0.717) is 19.4 Å². The Balaban J connectivity index is 2.01. The summed E-state index contributed by atoms with van der Waals surface area (Å²) in [7, 11) is 0. The summed E-state index contributed by atoms with van der Waals surface area (Å²) in [6, 6.07) is 0. The topological polar surface area (TPSA) is 29.5 Å². The molecule has 1 saturated heterocycles. The van der Waals surface area contributed by atoms with E-state index in [0.717, 1.165) is 25.7 Å². The lowest BCUT2D eigenvalue weighted by molar-refractivity contribution is -0.144. The molecule has 2 unspecified atom stereocenters. The van der Waals surface area contributed by atoms with Gasteiger partial charge in [-0.2, -0.15) is 8.78 Å². The summed E-state index contributed by atoms with van der Waals surface area (Å²) in [5.74, 6) is -0.445. The van der Waals surface area contributed by atoms with Crippen molar-refractivity contribution in [1.29, 1.82) is 0 Å². The molecule has 94 valence electrons. The SMILES string of the molecule is OC(C1CCOC2(CCCC2)C1)C(F)(F)Cl. The highest BCUT2D eigenvalue weighted by Gasteiger charge is 2.47. The Bertz CT molecular complexity index is 249. The molecule has 0 aromatic heterocycles. The van der Waals surface area contributed by atoms with Crippen LogP contribution >= 0.6 is 11.6 Å². The molecule has 2 atom stereocenters. The van der Waals surface area contributed by atoms with Crippen molar-refractivity contribution in [1.82, 2.24) is 0 Å². The molecule has 0 aromatic carbocycles. The lowest BCUT2D eigenvalue weighted by Gasteiger charge is -2.40. The molecule has 5 heteroatoms. The van der Waals surface area contributed by atoms with Gasteiger partial charge in [-0.3, -0.25) is 0 Å². The van der Waals surface area contributed by atoms with Crippen molar-refractivity contribution < 1.29 is 18.6 Å². The lowest BCUT2D eigenvalue weighted by atomic mass is 9.81. The number of halogens is 3. The van der Waals surface area contributed by atoms with E-state index in [-0.39, 0.29) is 5.60 Å². The minimum Gasteiger partial charge on any atom is -0.385 e. The van der Waals surface area contributed by atoms with E-state index >= 15 is 0 Å². The van der Waals surface area contributed by atoms with E-state index in [1.165, 1.54) is 0 Å². The molecule has 2 rings (SSSR count). The predicted molar refractivity (Wildman–Crippen MR) is 56.7 cm³/mol. The summed E-state index contributed by atoms with van der Waals surface area (Å²) in [4.78, 5) is 0. The van der Waals surface area contributed by atoms with Crippen molar-refractivity contribution in [3.63, 3.8) is 0 Å². The number of rotatable bonds is 2. The van der Waals surface area contributed by atoms with Crippen LogP contribution in [0.5, 0.6) is 0 Å². The maximum Gasteiger partial charge on any atom is 0.347 e. The van der Waals surface area contributed by atoms with Gasteiger partial charge in [-0.05, 0) is 43.2 Å². The Morgan fingerprint density at radius 3 is 2.56 bits per heavy atom. The number of aliphatic hydroxyl groups is 1. The van der Waals surface area contributed by atoms with Crippen molar-refractivity contribution in [2.75, 3.05) is 6.61 Å². The minimum atomic E-state index is -3.53. The highest BCUT2D eigenvalue weighted by atomic mass is 35.5. The third-order valence-corrected chi connectivity index (χ3v) is 4.05. The standard InChI is InChI=1S/C11H17ClF2O2/c12-11(13,14)9(15)8-3-6-16-10(7-8)4-1-2-5-10/h8-9,15H,1-7H2. The third kappa shape index (κ3) is 2.49. The lowest BCUT2D eigenvalue weighted by Crippen LogP contribution is -2.45. The van der Waals surface area contributed by atoms with E-state index in [9.17, 15) is 13.9 Å². The van der Waals surface area contributed by atoms with Gasteiger partial charge in [-0.25, -0.2) is 0 Å². The summed E-state index contributed by atoms with van der Waals surface area (Å²) in [6.07, 6.45) is 3.23. The largest absolute Gasteiger partial charge is 0.385 e. The van der Waals surface area contributed by atoms with Crippen LogP contribution in [-0.2, 0) is 4.74 Å². The van der Waals surface area contributed by atoms with Gasteiger partial charge in [-0.1, -0.05) is 12.8 Å². The highest BCUT2D eigenvalue weighted by Crippen LogP contribution is 2.45. The summed E-state index contributed by atoms with van der Waals surface area (Å²) in [5, 5.41) is 5.99. The van der Waals surface area contributed by atoms with Gasteiger partial charge in [0.25, 0.3) is 0 Å². The molecule has 1 spiro atoms. The molecule has 0 bridgehead atoms. The molecule has 0 aromatic rings. The number of hydrogen-bond acceptors (Lipinski definition) is 2. The maximum absolute atomic E-state index is 12.9.